The summed E-state index contributed by atoms with van der Waals surface area (Å²) in [5.74, 6) is -1.14. The molecule has 7 aliphatic rings. The van der Waals surface area contributed by atoms with Crippen LogP contribution in [0.4, 0.5) is 24.5 Å². The first-order chi connectivity index (χ1) is 30.5. The zero-order valence-corrected chi connectivity index (χ0v) is 36.7. The number of rotatable bonds is 6. The molecule has 0 N–H and O–H groups in total. The highest BCUT2D eigenvalue weighted by Crippen LogP contribution is 2.53. The van der Waals surface area contributed by atoms with Gasteiger partial charge in [-0.15, -0.1) is 0 Å². The van der Waals surface area contributed by atoms with Gasteiger partial charge in [-0.1, -0.05) is 49.1 Å². The number of hydrogen-bond donors (Lipinski definition) is 0. The normalized spacial score (nSPS) is 25.5. The number of piperidine rings is 3. The van der Waals surface area contributed by atoms with Crippen LogP contribution in [-0.2, 0) is 15.0 Å². The van der Waals surface area contributed by atoms with Gasteiger partial charge in [-0.05, 0) is 137 Å². The average Bonchev–Trinajstić information content (AvgIpc) is 3.51. The molecule has 0 radical (unpaired) electrons. The van der Waals surface area contributed by atoms with E-state index in [1.54, 1.807) is 6.07 Å². The van der Waals surface area contributed by atoms with Gasteiger partial charge in [-0.2, -0.15) is 4.98 Å². The third-order valence-corrected chi connectivity index (χ3v) is 16.8. The molecule has 6 heterocycles. The molecule has 4 aromatic rings. The first kappa shape index (κ1) is 41.4. The number of halogens is 4. The summed E-state index contributed by atoms with van der Waals surface area (Å²) in [6.45, 7) is 5.49. The summed E-state index contributed by atoms with van der Waals surface area (Å²) in [5, 5.41) is 0.917. The maximum absolute atomic E-state index is 16.1. The Labute approximate surface area is 371 Å². The third-order valence-electron chi connectivity index (χ3n) is 16.4. The van der Waals surface area contributed by atoms with Gasteiger partial charge in [0.1, 0.15) is 17.7 Å². The molecule has 2 saturated carbocycles. The molecule has 2 spiro atoms. The van der Waals surface area contributed by atoms with E-state index < -0.39 is 35.3 Å². The van der Waals surface area contributed by atoms with Crippen LogP contribution < -0.4 is 15.4 Å². The number of nitrogens with zero attached hydrogens (tertiary/aromatic N) is 6. The Hall–Kier alpha value is -4.26. The van der Waals surface area contributed by atoms with Crippen molar-refractivity contribution in [2.24, 2.45) is 11.3 Å². The molecule has 63 heavy (non-hydrogen) atoms. The molecule has 3 aromatic carbocycles. The van der Waals surface area contributed by atoms with Gasteiger partial charge < -0.3 is 9.80 Å². The van der Waals surface area contributed by atoms with Crippen molar-refractivity contribution in [1.82, 2.24) is 19.4 Å². The Balaban J connectivity index is 0.682. The Bertz CT molecular complexity index is 2500. The number of carbonyl (C=O) groups is 2. The van der Waals surface area contributed by atoms with E-state index in [1.807, 2.05) is 17.0 Å². The van der Waals surface area contributed by atoms with Gasteiger partial charge in [0.2, 0.25) is 11.8 Å². The number of carbonyl (C=O) groups excluding carboxylic acids is 2. The van der Waals surface area contributed by atoms with E-state index in [0.29, 0.717) is 45.8 Å². The minimum atomic E-state index is -0.887. The van der Waals surface area contributed by atoms with Crippen molar-refractivity contribution in [2.45, 2.75) is 120 Å². The molecule has 2 atom stereocenters. The van der Waals surface area contributed by atoms with Crippen LogP contribution in [0.2, 0.25) is 5.02 Å². The topological polar surface area (TPSA) is 82.0 Å². The largest absolute Gasteiger partial charge is 0.370 e. The van der Waals surface area contributed by atoms with Crippen LogP contribution in [0.3, 0.4) is 0 Å². The highest BCUT2D eigenvalue weighted by molar-refractivity contribution is 6.35. The van der Waals surface area contributed by atoms with Crippen molar-refractivity contribution in [3.63, 3.8) is 0 Å². The van der Waals surface area contributed by atoms with Gasteiger partial charge in [-0.3, -0.25) is 23.9 Å². The minimum absolute atomic E-state index is 0.0561. The summed E-state index contributed by atoms with van der Waals surface area (Å²) in [4.78, 5) is 50.3. The highest BCUT2D eigenvalue weighted by atomic mass is 35.5. The lowest BCUT2D eigenvalue weighted by molar-refractivity contribution is -0.129. The Morgan fingerprint density at radius 2 is 1.51 bits per heavy atom. The van der Waals surface area contributed by atoms with Crippen LogP contribution >= 0.6 is 11.6 Å². The van der Waals surface area contributed by atoms with Gasteiger partial charge in [0, 0.05) is 56.2 Å². The molecule has 13 heteroatoms. The van der Waals surface area contributed by atoms with Crippen molar-refractivity contribution in [1.29, 1.82) is 0 Å². The molecule has 332 valence electrons. The van der Waals surface area contributed by atoms with Gasteiger partial charge in [0.15, 0.2) is 11.6 Å². The molecule has 6 fully saturated rings. The van der Waals surface area contributed by atoms with Crippen molar-refractivity contribution in [3.05, 3.63) is 92.5 Å². The van der Waals surface area contributed by atoms with Gasteiger partial charge >= 0.3 is 0 Å². The average molecular weight is 881 g/mol. The van der Waals surface area contributed by atoms with Crippen LogP contribution in [0.5, 0.6) is 0 Å². The zero-order chi connectivity index (χ0) is 43.2. The molecule has 1 aromatic heterocycles. The molecule has 5 aliphatic heterocycles. The Kier molecular flexibility index (Phi) is 10.5. The van der Waals surface area contributed by atoms with Crippen LogP contribution in [0, 0.1) is 23.0 Å². The highest BCUT2D eigenvalue weighted by Gasteiger charge is 2.48. The van der Waals surface area contributed by atoms with E-state index in [4.69, 9.17) is 16.6 Å². The molecule has 2 amide bonds. The standard InChI is InChI=1S/C50H56ClF3N6O3/c51-36-6-4-7-41-45(36)47(63)55-48-50(17-2-1-3-18-50)35-11-10-33(24-42(35)59(41)48)32-14-22-57(23-15-32)40-16-21-56(28-39(40)54)27-31-12-19-49(20-13-31)29-58(30-49)34-25-37(52)46(38(53)26-34)60-43(61)8-5-9-44(60)62/h4,6-7,10-11,24-26,31-32,39-40H,1-3,5,8-9,12-23,27-30H2. The molecular formula is C50H56ClF3N6O3. The minimum Gasteiger partial charge on any atom is -0.370 e. The molecule has 0 bridgehead atoms. The first-order valence-electron chi connectivity index (χ1n) is 23.6. The van der Waals surface area contributed by atoms with E-state index in [9.17, 15) is 14.4 Å². The number of benzene rings is 3. The lowest BCUT2D eigenvalue weighted by Gasteiger charge is -2.55. The van der Waals surface area contributed by atoms with Crippen molar-refractivity contribution < 1.29 is 22.8 Å². The zero-order valence-electron chi connectivity index (χ0n) is 35.9. The van der Waals surface area contributed by atoms with Crippen LogP contribution in [0.15, 0.2) is 53.3 Å². The second-order valence-corrected chi connectivity index (χ2v) is 20.5. The first-order valence-corrected chi connectivity index (χ1v) is 24.0. The monoisotopic (exact) mass is 880 g/mol. The molecule has 2 unspecified atom stereocenters. The van der Waals surface area contributed by atoms with Crippen LogP contribution in [-0.4, -0.2) is 89.2 Å². The van der Waals surface area contributed by atoms with Gasteiger partial charge in [0.05, 0.1) is 27.0 Å². The predicted octanol–water partition coefficient (Wildman–Crippen LogP) is 9.21. The maximum Gasteiger partial charge on any atom is 0.282 e. The van der Waals surface area contributed by atoms with Crippen molar-refractivity contribution in [3.8, 4) is 5.69 Å². The number of anilines is 2. The van der Waals surface area contributed by atoms with Crippen LogP contribution in [0.25, 0.3) is 16.6 Å². The van der Waals surface area contributed by atoms with E-state index in [0.717, 1.165) is 127 Å². The van der Waals surface area contributed by atoms with Crippen LogP contribution in [0.1, 0.15) is 119 Å². The fourth-order valence-electron chi connectivity index (χ4n) is 13.1. The number of fused-ring (bicyclic) bond motifs is 7. The third kappa shape index (κ3) is 7.03. The molecule has 4 saturated heterocycles. The summed E-state index contributed by atoms with van der Waals surface area (Å²) in [6.07, 6.45) is 12.1. The van der Waals surface area contributed by atoms with Crippen molar-refractivity contribution in [2.75, 3.05) is 55.6 Å². The quantitative estimate of drug-likeness (QED) is 0.179. The summed E-state index contributed by atoms with van der Waals surface area (Å²) in [5.41, 5.74) is 4.05. The van der Waals surface area contributed by atoms with E-state index in [-0.39, 0.29) is 35.3 Å². The number of hydrogen-bond acceptors (Lipinski definition) is 7. The lowest BCUT2D eigenvalue weighted by atomic mass is 9.65. The number of alkyl halides is 1. The van der Waals surface area contributed by atoms with E-state index in [1.165, 1.54) is 29.7 Å². The van der Waals surface area contributed by atoms with E-state index in [2.05, 4.69) is 32.6 Å². The van der Waals surface area contributed by atoms with E-state index >= 15 is 13.2 Å². The smallest absolute Gasteiger partial charge is 0.282 e. The number of likely N-dealkylation sites (tertiary alicyclic amines) is 2. The van der Waals surface area contributed by atoms with Gasteiger partial charge in [-0.25, -0.2) is 18.1 Å². The summed E-state index contributed by atoms with van der Waals surface area (Å²) in [7, 11) is 0. The number of aromatic nitrogens is 2. The van der Waals surface area contributed by atoms with Gasteiger partial charge in [0.25, 0.3) is 5.56 Å². The summed E-state index contributed by atoms with van der Waals surface area (Å²) < 4.78 is 48.8. The molecule has 11 rings (SSSR count). The molecular weight excluding hydrogens is 825 g/mol. The fraction of sp³-hybridized carbons (Fsp3) is 0.560. The SMILES string of the molecule is O=C1CCCC(=O)N1c1c(F)cc(N2CC3(CCC(CN4CCC(N5CCC(c6ccc7c(c6)-n6c(nc(=O)c8c(Cl)cccc86)C76CCCCC6)CC5)C(F)C4)CC3)C2)cc1F. The predicted molar refractivity (Wildman–Crippen MR) is 239 cm³/mol. The maximum atomic E-state index is 16.1. The van der Waals surface area contributed by atoms with Crippen molar-refractivity contribution >= 4 is 45.7 Å². The number of imide groups is 1. The lowest BCUT2D eigenvalue weighted by Crippen LogP contribution is -2.58. The second kappa shape index (κ2) is 16.0. The Morgan fingerprint density at radius 1 is 0.794 bits per heavy atom. The summed E-state index contributed by atoms with van der Waals surface area (Å²) >= 11 is 6.61. The Morgan fingerprint density at radius 3 is 2.21 bits per heavy atom. The summed E-state index contributed by atoms with van der Waals surface area (Å²) in [6, 6.07) is 15.1. The second-order valence-electron chi connectivity index (χ2n) is 20.1. The number of amides is 2. The molecule has 9 nitrogen and oxygen atoms in total. The molecule has 2 aliphatic carbocycles. The fourth-order valence-corrected chi connectivity index (χ4v) is 13.4.